The van der Waals surface area contributed by atoms with Gasteiger partial charge in [0.1, 0.15) is 0 Å². The van der Waals surface area contributed by atoms with E-state index in [-0.39, 0.29) is 0 Å². The van der Waals surface area contributed by atoms with Crippen LogP contribution >= 0.6 is 15.9 Å². The number of aromatic nitrogens is 1. The molecule has 0 aliphatic heterocycles. The number of nitrogens with two attached hydrogens (primary N) is 1. The van der Waals surface area contributed by atoms with Crippen molar-refractivity contribution < 1.29 is 0 Å². The molecule has 1 aromatic carbocycles. The van der Waals surface area contributed by atoms with E-state index in [4.69, 9.17) is 5.73 Å². The number of hydrogen-bond acceptors (Lipinski definition) is 2. The topological polar surface area (TPSA) is 38.9 Å². The average molecular weight is 237 g/mol. The summed E-state index contributed by atoms with van der Waals surface area (Å²) in [6.07, 6.45) is 0. The summed E-state index contributed by atoms with van der Waals surface area (Å²) in [4.78, 5) is 4.40. The van der Waals surface area contributed by atoms with Crippen molar-refractivity contribution in [1.82, 2.24) is 4.98 Å². The SMILES string of the molecule is NCc1cc(Br)c2ccccc2n1. The normalized spacial score (nSPS) is 10.6. The van der Waals surface area contributed by atoms with Crippen molar-refractivity contribution in [2.45, 2.75) is 6.54 Å². The second-order valence-corrected chi connectivity index (χ2v) is 3.67. The Labute approximate surface area is 84.9 Å². The second kappa shape index (κ2) is 3.44. The van der Waals surface area contributed by atoms with Gasteiger partial charge in [-0.1, -0.05) is 34.1 Å². The fourth-order valence-electron chi connectivity index (χ4n) is 1.29. The van der Waals surface area contributed by atoms with Crippen molar-refractivity contribution >= 4 is 26.8 Å². The molecule has 0 aliphatic rings. The average Bonchev–Trinajstić information content (AvgIpc) is 2.18. The molecule has 0 unspecified atom stereocenters. The Hall–Kier alpha value is -0.930. The molecule has 1 heterocycles. The van der Waals surface area contributed by atoms with Gasteiger partial charge < -0.3 is 5.73 Å². The molecule has 0 saturated carbocycles. The van der Waals surface area contributed by atoms with E-state index in [2.05, 4.69) is 20.9 Å². The largest absolute Gasteiger partial charge is 0.325 e. The van der Waals surface area contributed by atoms with Gasteiger partial charge in [0, 0.05) is 16.4 Å². The first kappa shape index (κ1) is 8.66. The van der Waals surface area contributed by atoms with E-state index in [0.29, 0.717) is 6.54 Å². The van der Waals surface area contributed by atoms with Gasteiger partial charge >= 0.3 is 0 Å². The lowest BCUT2D eigenvalue weighted by molar-refractivity contribution is 1.00. The fraction of sp³-hybridized carbons (Fsp3) is 0.100. The fourth-order valence-corrected chi connectivity index (χ4v) is 1.89. The van der Waals surface area contributed by atoms with Crippen LogP contribution in [-0.4, -0.2) is 4.98 Å². The van der Waals surface area contributed by atoms with Crippen LogP contribution in [0.4, 0.5) is 0 Å². The second-order valence-electron chi connectivity index (χ2n) is 2.82. The molecule has 3 heteroatoms. The Morgan fingerprint density at radius 1 is 1.31 bits per heavy atom. The van der Waals surface area contributed by atoms with E-state index < -0.39 is 0 Å². The maximum atomic E-state index is 5.53. The molecule has 0 saturated heterocycles. The highest BCUT2D eigenvalue weighted by atomic mass is 79.9. The minimum Gasteiger partial charge on any atom is -0.325 e. The number of para-hydroxylation sites is 1. The molecule has 66 valence electrons. The summed E-state index contributed by atoms with van der Waals surface area (Å²) >= 11 is 3.49. The Morgan fingerprint density at radius 2 is 2.08 bits per heavy atom. The maximum absolute atomic E-state index is 5.53. The van der Waals surface area contributed by atoms with Gasteiger partial charge in [0.25, 0.3) is 0 Å². The summed E-state index contributed by atoms with van der Waals surface area (Å²) in [6, 6.07) is 9.95. The predicted octanol–water partition coefficient (Wildman–Crippen LogP) is 2.46. The van der Waals surface area contributed by atoms with Gasteiger partial charge in [-0.25, -0.2) is 0 Å². The Balaban J connectivity index is 2.77. The maximum Gasteiger partial charge on any atom is 0.0717 e. The molecular formula is C10H9BrN2. The standard InChI is InChI=1S/C10H9BrN2/c11-9-5-7(6-12)13-10-4-2-1-3-8(9)10/h1-5H,6,12H2. The Morgan fingerprint density at radius 3 is 2.85 bits per heavy atom. The van der Waals surface area contributed by atoms with Crippen LogP contribution in [0.2, 0.25) is 0 Å². The zero-order valence-electron chi connectivity index (χ0n) is 7.00. The number of rotatable bonds is 1. The summed E-state index contributed by atoms with van der Waals surface area (Å²) in [5.74, 6) is 0. The molecule has 0 amide bonds. The third-order valence-corrected chi connectivity index (χ3v) is 2.58. The van der Waals surface area contributed by atoms with Gasteiger partial charge in [0.2, 0.25) is 0 Å². The number of benzene rings is 1. The summed E-state index contributed by atoms with van der Waals surface area (Å²) < 4.78 is 1.05. The van der Waals surface area contributed by atoms with Crippen LogP contribution in [-0.2, 0) is 6.54 Å². The van der Waals surface area contributed by atoms with Gasteiger partial charge in [-0.3, -0.25) is 4.98 Å². The van der Waals surface area contributed by atoms with Crippen LogP contribution in [0, 0.1) is 0 Å². The minimum absolute atomic E-state index is 0.476. The lowest BCUT2D eigenvalue weighted by atomic mass is 10.2. The predicted molar refractivity (Wildman–Crippen MR) is 57.3 cm³/mol. The van der Waals surface area contributed by atoms with Crippen molar-refractivity contribution in [2.24, 2.45) is 5.73 Å². The van der Waals surface area contributed by atoms with Crippen molar-refractivity contribution in [2.75, 3.05) is 0 Å². The zero-order valence-corrected chi connectivity index (χ0v) is 8.58. The van der Waals surface area contributed by atoms with Crippen molar-refractivity contribution in [3.05, 3.63) is 40.5 Å². The van der Waals surface area contributed by atoms with Gasteiger partial charge in [-0.05, 0) is 12.1 Å². The molecule has 2 nitrogen and oxygen atoms in total. The highest BCUT2D eigenvalue weighted by Crippen LogP contribution is 2.22. The third kappa shape index (κ3) is 1.57. The first-order chi connectivity index (χ1) is 6.31. The smallest absolute Gasteiger partial charge is 0.0717 e. The number of fused-ring (bicyclic) bond motifs is 1. The van der Waals surface area contributed by atoms with Crippen molar-refractivity contribution in [3.8, 4) is 0 Å². The van der Waals surface area contributed by atoms with E-state index >= 15 is 0 Å². The summed E-state index contributed by atoms with van der Waals surface area (Å²) in [5.41, 5.74) is 7.42. The minimum atomic E-state index is 0.476. The summed E-state index contributed by atoms with van der Waals surface area (Å²) in [6.45, 7) is 0.476. The van der Waals surface area contributed by atoms with E-state index in [9.17, 15) is 0 Å². The molecule has 0 bridgehead atoms. The monoisotopic (exact) mass is 236 g/mol. The molecular weight excluding hydrogens is 228 g/mol. The molecule has 0 spiro atoms. The van der Waals surface area contributed by atoms with Gasteiger partial charge in [-0.2, -0.15) is 0 Å². The van der Waals surface area contributed by atoms with E-state index in [1.54, 1.807) is 0 Å². The number of halogens is 1. The van der Waals surface area contributed by atoms with Crippen LogP contribution in [0.25, 0.3) is 10.9 Å². The van der Waals surface area contributed by atoms with Gasteiger partial charge in [-0.15, -0.1) is 0 Å². The lowest BCUT2D eigenvalue weighted by Gasteiger charge is -2.02. The zero-order chi connectivity index (χ0) is 9.26. The molecule has 1 aromatic heterocycles. The van der Waals surface area contributed by atoms with Crippen molar-refractivity contribution in [1.29, 1.82) is 0 Å². The number of nitrogens with zero attached hydrogens (tertiary/aromatic N) is 1. The molecule has 0 atom stereocenters. The lowest BCUT2D eigenvalue weighted by Crippen LogP contribution is -1.99. The molecule has 0 radical (unpaired) electrons. The quantitative estimate of drug-likeness (QED) is 0.827. The van der Waals surface area contributed by atoms with Crippen LogP contribution < -0.4 is 5.73 Å². The van der Waals surface area contributed by atoms with Crippen LogP contribution in [0.15, 0.2) is 34.8 Å². The van der Waals surface area contributed by atoms with Crippen LogP contribution in [0.5, 0.6) is 0 Å². The van der Waals surface area contributed by atoms with Gasteiger partial charge in [0.05, 0.1) is 11.2 Å². The number of hydrogen-bond donors (Lipinski definition) is 1. The summed E-state index contributed by atoms with van der Waals surface area (Å²) in [5, 5.41) is 1.12. The van der Waals surface area contributed by atoms with E-state index in [1.807, 2.05) is 30.3 Å². The van der Waals surface area contributed by atoms with E-state index in [1.165, 1.54) is 0 Å². The van der Waals surface area contributed by atoms with Crippen LogP contribution in [0.3, 0.4) is 0 Å². The highest BCUT2D eigenvalue weighted by molar-refractivity contribution is 9.10. The van der Waals surface area contributed by atoms with E-state index in [0.717, 1.165) is 21.1 Å². The highest BCUT2D eigenvalue weighted by Gasteiger charge is 2.00. The van der Waals surface area contributed by atoms with Crippen LogP contribution in [0.1, 0.15) is 5.69 Å². The molecule has 0 aliphatic carbocycles. The number of pyridine rings is 1. The Kier molecular flexibility index (Phi) is 2.29. The molecule has 2 N–H and O–H groups in total. The first-order valence-electron chi connectivity index (χ1n) is 4.05. The molecule has 0 fully saturated rings. The third-order valence-electron chi connectivity index (χ3n) is 1.93. The van der Waals surface area contributed by atoms with Gasteiger partial charge in [0.15, 0.2) is 0 Å². The molecule has 2 aromatic rings. The van der Waals surface area contributed by atoms with Crippen molar-refractivity contribution in [3.63, 3.8) is 0 Å². The summed E-state index contributed by atoms with van der Waals surface area (Å²) in [7, 11) is 0. The molecule has 2 rings (SSSR count). The molecule has 13 heavy (non-hydrogen) atoms. The Bertz CT molecular complexity index is 440. The first-order valence-corrected chi connectivity index (χ1v) is 4.85.